The van der Waals surface area contributed by atoms with Crippen LogP contribution in [-0.4, -0.2) is 21.7 Å². The Balaban J connectivity index is 2.77. The molecule has 0 radical (unpaired) electrons. The summed E-state index contributed by atoms with van der Waals surface area (Å²) < 4.78 is 6.57. The Kier molecular flexibility index (Phi) is 1.58. The summed E-state index contributed by atoms with van der Waals surface area (Å²) in [6.07, 6.45) is 1.80. The molecule has 0 amide bonds. The molecule has 0 saturated carbocycles. The predicted octanol–water partition coefficient (Wildman–Crippen LogP) is 0.629. The number of aromatic nitrogens is 3. The van der Waals surface area contributed by atoms with E-state index in [1.807, 2.05) is 13.0 Å². The minimum absolute atomic E-state index is 0.415. The number of rotatable bonds is 1. The lowest BCUT2D eigenvalue weighted by molar-refractivity contribution is 0.397. The third-order valence-electron chi connectivity index (χ3n) is 1.82. The fourth-order valence-corrected chi connectivity index (χ4v) is 1.17. The van der Waals surface area contributed by atoms with Gasteiger partial charge in [-0.15, -0.1) is 5.10 Å². The molecule has 0 atom stereocenters. The number of ether oxygens (including phenoxy) is 1. The molecular formula is C8H10N4O. The molecule has 68 valence electrons. The second-order valence-corrected chi connectivity index (χ2v) is 2.76. The van der Waals surface area contributed by atoms with E-state index in [1.54, 1.807) is 10.7 Å². The number of aryl methyl sites for hydroxylation is 1. The number of hydrogen-bond acceptors (Lipinski definition) is 4. The summed E-state index contributed by atoms with van der Waals surface area (Å²) in [6, 6.07) is 1.86. The maximum Gasteiger partial charge on any atom is 0.258 e. The SMILES string of the molecule is COc1nn2ccc(C)nc2c1N. The average Bonchev–Trinajstić information content (AvgIpc) is 2.44. The van der Waals surface area contributed by atoms with E-state index >= 15 is 0 Å². The molecule has 0 bridgehead atoms. The van der Waals surface area contributed by atoms with Crippen molar-refractivity contribution in [2.24, 2.45) is 0 Å². The fraction of sp³-hybridized carbons (Fsp3) is 0.250. The van der Waals surface area contributed by atoms with Gasteiger partial charge in [0.15, 0.2) is 5.65 Å². The van der Waals surface area contributed by atoms with Gasteiger partial charge in [0.05, 0.1) is 7.11 Å². The molecule has 0 aliphatic rings. The first-order chi connectivity index (χ1) is 6.22. The van der Waals surface area contributed by atoms with Crippen molar-refractivity contribution in [1.29, 1.82) is 0 Å². The minimum Gasteiger partial charge on any atom is -0.478 e. The summed E-state index contributed by atoms with van der Waals surface area (Å²) in [7, 11) is 1.53. The zero-order chi connectivity index (χ0) is 9.42. The van der Waals surface area contributed by atoms with E-state index < -0.39 is 0 Å². The molecular weight excluding hydrogens is 168 g/mol. The zero-order valence-corrected chi connectivity index (χ0v) is 7.48. The van der Waals surface area contributed by atoms with Crippen LogP contribution < -0.4 is 10.5 Å². The minimum atomic E-state index is 0.415. The van der Waals surface area contributed by atoms with E-state index in [0.29, 0.717) is 17.2 Å². The van der Waals surface area contributed by atoms with Gasteiger partial charge in [-0.2, -0.15) is 0 Å². The topological polar surface area (TPSA) is 65.4 Å². The van der Waals surface area contributed by atoms with Crippen molar-refractivity contribution in [3.63, 3.8) is 0 Å². The first kappa shape index (κ1) is 7.85. The number of methoxy groups -OCH3 is 1. The van der Waals surface area contributed by atoms with Gasteiger partial charge in [0, 0.05) is 11.9 Å². The summed E-state index contributed by atoms with van der Waals surface area (Å²) in [5.74, 6) is 0.415. The highest BCUT2D eigenvalue weighted by Crippen LogP contribution is 2.22. The number of fused-ring (bicyclic) bond motifs is 1. The summed E-state index contributed by atoms with van der Waals surface area (Å²) in [4.78, 5) is 4.24. The lowest BCUT2D eigenvalue weighted by Crippen LogP contribution is -1.92. The smallest absolute Gasteiger partial charge is 0.258 e. The van der Waals surface area contributed by atoms with Gasteiger partial charge in [-0.1, -0.05) is 0 Å². The molecule has 0 aliphatic carbocycles. The summed E-state index contributed by atoms with van der Waals surface area (Å²) >= 11 is 0. The van der Waals surface area contributed by atoms with Gasteiger partial charge >= 0.3 is 0 Å². The van der Waals surface area contributed by atoms with Crippen LogP contribution in [0.15, 0.2) is 12.3 Å². The third-order valence-corrected chi connectivity index (χ3v) is 1.82. The molecule has 2 rings (SSSR count). The zero-order valence-electron chi connectivity index (χ0n) is 7.48. The van der Waals surface area contributed by atoms with E-state index in [9.17, 15) is 0 Å². The van der Waals surface area contributed by atoms with E-state index in [-0.39, 0.29) is 0 Å². The first-order valence-corrected chi connectivity index (χ1v) is 3.88. The van der Waals surface area contributed by atoms with Crippen LogP contribution in [0.1, 0.15) is 5.69 Å². The monoisotopic (exact) mass is 178 g/mol. The molecule has 5 nitrogen and oxygen atoms in total. The molecule has 0 aliphatic heterocycles. The fourth-order valence-electron chi connectivity index (χ4n) is 1.17. The maximum atomic E-state index is 5.75. The molecule has 2 heterocycles. The molecule has 13 heavy (non-hydrogen) atoms. The Bertz CT molecular complexity index is 449. The van der Waals surface area contributed by atoms with Crippen LogP contribution in [0.2, 0.25) is 0 Å². The largest absolute Gasteiger partial charge is 0.478 e. The van der Waals surface area contributed by atoms with Crippen molar-refractivity contribution in [2.75, 3.05) is 12.8 Å². The second kappa shape index (κ2) is 2.62. The van der Waals surface area contributed by atoms with Gasteiger partial charge in [0.1, 0.15) is 5.69 Å². The van der Waals surface area contributed by atoms with Gasteiger partial charge in [-0.05, 0) is 13.0 Å². The molecule has 0 spiro atoms. The van der Waals surface area contributed by atoms with Crippen LogP contribution in [0.3, 0.4) is 0 Å². The number of hydrogen-bond donors (Lipinski definition) is 1. The highest BCUT2D eigenvalue weighted by Gasteiger charge is 2.10. The molecule has 0 unspecified atom stereocenters. The standard InChI is InChI=1S/C8H10N4O/c1-5-3-4-12-7(10-5)6(9)8(11-12)13-2/h3-4H,9H2,1-2H3. The maximum absolute atomic E-state index is 5.75. The Morgan fingerprint density at radius 2 is 2.31 bits per heavy atom. The van der Waals surface area contributed by atoms with E-state index in [1.165, 1.54) is 7.11 Å². The normalized spacial score (nSPS) is 10.6. The van der Waals surface area contributed by atoms with Crippen molar-refractivity contribution in [3.05, 3.63) is 18.0 Å². The summed E-state index contributed by atoms with van der Waals surface area (Å²) in [6.45, 7) is 1.90. The number of nitrogen functional groups attached to an aromatic ring is 1. The lowest BCUT2D eigenvalue weighted by Gasteiger charge is -1.93. The Hall–Kier alpha value is -1.78. The van der Waals surface area contributed by atoms with Gasteiger partial charge in [0.25, 0.3) is 5.88 Å². The number of nitrogens with zero attached hydrogens (tertiary/aromatic N) is 3. The summed E-state index contributed by atoms with van der Waals surface area (Å²) in [5, 5.41) is 4.08. The molecule has 2 aromatic heterocycles. The quantitative estimate of drug-likeness (QED) is 0.695. The number of anilines is 1. The van der Waals surface area contributed by atoms with Crippen LogP contribution in [0.5, 0.6) is 5.88 Å². The van der Waals surface area contributed by atoms with Gasteiger partial charge < -0.3 is 10.5 Å². The highest BCUT2D eigenvalue weighted by molar-refractivity contribution is 5.70. The van der Waals surface area contributed by atoms with Crippen molar-refractivity contribution < 1.29 is 4.74 Å². The number of nitrogens with two attached hydrogens (primary N) is 1. The van der Waals surface area contributed by atoms with Crippen molar-refractivity contribution in [1.82, 2.24) is 14.6 Å². The van der Waals surface area contributed by atoms with Gasteiger partial charge in [-0.25, -0.2) is 9.50 Å². The van der Waals surface area contributed by atoms with E-state index in [0.717, 1.165) is 5.69 Å². The summed E-state index contributed by atoms with van der Waals surface area (Å²) in [5.41, 5.74) is 7.77. The Labute approximate surface area is 75.1 Å². The average molecular weight is 178 g/mol. The van der Waals surface area contributed by atoms with Gasteiger partial charge in [-0.3, -0.25) is 0 Å². The first-order valence-electron chi connectivity index (χ1n) is 3.88. The highest BCUT2D eigenvalue weighted by atomic mass is 16.5. The van der Waals surface area contributed by atoms with Gasteiger partial charge in [0.2, 0.25) is 0 Å². The molecule has 2 aromatic rings. The molecule has 2 N–H and O–H groups in total. The molecule has 0 saturated heterocycles. The van der Waals surface area contributed by atoms with E-state index in [2.05, 4.69) is 10.1 Å². The van der Waals surface area contributed by atoms with Crippen LogP contribution in [0.25, 0.3) is 5.65 Å². The van der Waals surface area contributed by atoms with Crippen LogP contribution >= 0.6 is 0 Å². The molecule has 0 aromatic carbocycles. The second-order valence-electron chi connectivity index (χ2n) is 2.76. The van der Waals surface area contributed by atoms with Crippen LogP contribution in [0, 0.1) is 6.92 Å². The van der Waals surface area contributed by atoms with Crippen LogP contribution in [0.4, 0.5) is 5.69 Å². The van der Waals surface area contributed by atoms with Crippen molar-refractivity contribution >= 4 is 11.3 Å². The predicted molar refractivity (Wildman–Crippen MR) is 48.7 cm³/mol. The lowest BCUT2D eigenvalue weighted by atomic mass is 10.4. The van der Waals surface area contributed by atoms with Crippen molar-refractivity contribution in [2.45, 2.75) is 6.92 Å². The van der Waals surface area contributed by atoms with Crippen molar-refractivity contribution in [3.8, 4) is 5.88 Å². The van der Waals surface area contributed by atoms with E-state index in [4.69, 9.17) is 10.5 Å². The Morgan fingerprint density at radius 3 is 3.00 bits per heavy atom. The molecule has 5 heteroatoms. The van der Waals surface area contributed by atoms with Crippen LogP contribution in [-0.2, 0) is 0 Å². The molecule has 0 fully saturated rings. The Morgan fingerprint density at radius 1 is 1.54 bits per heavy atom. The third kappa shape index (κ3) is 1.09.